The molecule has 92 valence electrons. The van der Waals surface area contributed by atoms with Crippen LogP contribution < -0.4 is 0 Å². The Bertz CT molecular complexity index is 420. The second-order valence-corrected chi connectivity index (χ2v) is 5.02. The number of ether oxygens (including phenoxy) is 2. The molecule has 0 aromatic heterocycles. The number of hydrogen-bond acceptors (Lipinski definition) is 2. The quantitative estimate of drug-likeness (QED) is 0.785. The van der Waals surface area contributed by atoms with Gasteiger partial charge in [0, 0.05) is 5.92 Å². The first kappa shape index (κ1) is 11.2. The van der Waals surface area contributed by atoms with Gasteiger partial charge < -0.3 is 9.47 Å². The van der Waals surface area contributed by atoms with E-state index in [-0.39, 0.29) is 17.3 Å². The van der Waals surface area contributed by atoms with E-state index in [1.165, 1.54) is 6.07 Å². The Kier molecular flexibility index (Phi) is 2.68. The number of rotatable bonds is 2. The second-order valence-electron chi connectivity index (χ2n) is 5.02. The zero-order chi connectivity index (χ0) is 11.9. The van der Waals surface area contributed by atoms with Crippen molar-refractivity contribution in [1.29, 1.82) is 0 Å². The van der Waals surface area contributed by atoms with Gasteiger partial charge in [0.05, 0.1) is 31.3 Å². The van der Waals surface area contributed by atoms with Crippen LogP contribution in [0, 0.1) is 11.7 Å². The molecule has 0 amide bonds. The molecule has 3 atom stereocenters. The first-order chi connectivity index (χ1) is 8.28. The number of halogens is 1. The van der Waals surface area contributed by atoms with Crippen molar-refractivity contribution in [3.63, 3.8) is 0 Å². The van der Waals surface area contributed by atoms with Crippen LogP contribution in [-0.2, 0) is 14.9 Å². The highest BCUT2D eigenvalue weighted by Crippen LogP contribution is 2.47. The summed E-state index contributed by atoms with van der Waals surface area (Å²) in [5, 5.41) is 0. The average Bonchev–Trinajstić information content (AvgIpc) is 2.88. The molecule has 17 heavy (non-hydrogen) atoms. The molecule has 0 unspecified atom stereocenters. The lowest BCUT2D eigenvalue weighted by atomic mass is 9.72. The Morgan fingerprint density at radius 3 is 2.94 bits per heavy atom. The molecule has 3 rings (SSSR count). The van der Waals surface area contributed by atoms with E-state index in [1.54, 1.807) is 6.07 Å². The van der Waals surface area contributed by atoms with Crippen LogP contribution >= 0.6 is 0 Å². The Labute approximate surface area is 101 Å². The molecule has 2 fully saturated rings. The summed E-state index contributed by atoms with van der Waals surface area (Å²) in [5.41, 5.74) is 0.505. The van der Waals surface area contributed by atoms with Gasteiger partial charge in [0.2, 0.25) is 0 Å². The Morgan fingerprint density at radius 2 is 2.18 bits per heavy atom. The van der Waals surface area contributed by atoms with Gasteiger partial charge in [-0.05, 0) is 18.1 Å². The fourth-order valence-corrected chi connectivity index (χ4v) is 3.24. The van der Waals surface area contributed by atoms with Crippen LogP contribution in [0.2, 0.25) is 0 Å². The van der Waals surface area contributed by atoms with Crippen molar-refractivity contribution in [2.75, 3.05) is 19.8 Å². The predicted molar refractivity (Wildman–Crippen MR) is 62.4 cm³/mol. The third kappa shape index (κ3) is 1.53. The van der Waals surface area contributed by atoms with Crippen molar-refractivity contribution in [3.8, 4) is 0 Å². The van der Waals surface area contributed by atoms with Crippen LogP contribution in [0.4, 0.5) is 4.39 Å². The summed E-state index contributed by atoms with van der Waals surface area (Å²) in [6.45, 7) is 3.96. The topological polar surface area (TPSA) is 18.5 Å². The van der Waals surface area contributed by atoms with E-state index in [9.17, 15) is 4.39 Å². The van der Waals surface area contributed by atoms with Crippen molar-refractivity contribution >= 4 is 0 Å². The van der Waals surface area contributed by atoms with Crippen molar-refractivity contribution in [3.05, 3.63) is 35.6 Å². The lowest BCUT2D eigenvalue weighted by Gasteiger charge is -2.27. The van der Waals surface area contributed by atoms with Gasteiger partial charge in [-0.1, -0.05) is 25.1 Å². The zero-order valence-corrected chi connectivity index (χ0v) is 9.99. The molecule has 0 aliphatic carbocycles. The number of hydrogen-bond donors (Lipinski definition) is 0. The Morgan fingerprint density at radius 1 is 1.35 bits per heavy atom. The fraction of sp³-hybridized carbons (Fsp3) is 0.571. The number of benzene rings is 1. The van der Waals surface area contributed by atoms with Crippen LogP contribution in [0.5, 0.6) is 0 Å². The van der Waals surface area contributed by atoms with Gasteiger partial charge in [-0.3, -0.25) is 0 Å². The zero-order valence-electron chi connectivity index (χ0n) is 9.99. The van der Waals surface area contributed by atoms with E-state index in [2.05, 4.69) is 6.92 Å². The van der Waals surface area contributed by atoms with Crippen molar-refractivity contribution < 1.29 is 13.9 Å². The molecule has 0 saturated carbocycles. The summed E-state index contributed by atoms with van der Waals surface area (Å²) < 4.78 is 25.4. The molecule has 2 heterocycles. The maximum Gasteiger partial charge on any atom is 0.127 e. The molecule has 0 N–H and O–H groups in total. The fourth-order valence-electron chi connectivity index (χ4n) is 3.24. The molecule has 2 aliphatic heterocycles. The normalized spacial score (nSPS) is 36.1. The molecule has 0 spiro atoms. The van der Waals surface area contributed by atoms with E-state index < -0.39 is 0 Å². The molecule has 3 heteroatoms. The molecule has 0 radical (unpaired) electrons. The van der Waals surface area contributed by atoms with Crippen LogP contribution in [-0.4, -0.2) is 25.9 Å². The highest BCUT2D eigenvalue weighted by molar-refractivity contribution is 5.32. The summed E-state index contributed by atoms with van der Waals surface area (Å²) >= 11 is 0. The standard InChI is InChI=1S/C14H17FO2/c1-2-13-11-7-16-8-14(11,9-17-13)10-5-3-4-6-12(10)15/h3-6,11,13H,2,7-9H2,1H3/t11-,13-,14+/m1/s1. The molecule has 2 aliphatic rings. The first-order valence-corrected chi connectivity index (χ1v) is 6.22. The summed E-state index contributed by atoms with van der Waals surface area (Å²) in [7, 11) is 0. The molecule has 2 nitrogen and oxygen atoms in total. The van der Waals surface area contributed by atoms with Gasteiger partial charge in [0.15, 0.2) is 0 Å². The molecule has 2 saturated heterocycles. The van der Waals surface area contributed by atoms with Gasteiger partial charge in [-0.2, -0.15) is 0 Å². The Hall–Kier alpha value is -0.930. The van der Waals surface area contributed by atoms with Crippen molar-refractivity contribution in [2.24, 2.45) is 5.92 Å². The van der Waals surface area contributed by atoms with Gasteiger partial charge in [0.25, 0.3) is 0 Å². The minimum absolute atomic E-state index is 0.136. The lowest BCUT2D eigenvalue weighted by Crippen LogP contribution is -2.36. The summed E-state index contributed by atoms with van der Waals surface area (Å²) in [6, 6.07) is 7.02. The Balaban J connectivity index is 2.04. The van der Waals surface area contributed by atoms with E-state index in [0.717, 1.165) is 12.0 Å². The molecule has 1 aromatic rings. The van der Waals surface area contributed by atoms with E-state index in [0.29, 0.717) is 25.7 Å². The van der Waals surface area contributed by atoms with E-state index in [4.69, 9.17) is 9.47 Å². The van der Waals surface area contributed by atoms with Crippen molar-refractivity contribution in [2.45, 2.75) is 24.9 Å². The minimum Gasteiger partial charge on any atom is -0.380 e. The second kappa shape index (κ2) is 4.07. The summed E-state index contributed by atoms with van der Waals surface area (Å²) in [6.07, 6.45) is 1.17. The molecule has 0 bridgehead atoms. The van der Waals surface area contributed by atoms with Crippen LogP contribution in [0.25, 0.3) is 0 Å². The highest BCUT2D eigenvalue weighted by Gasteiger charge is 2.54. The third-order valence-electron chi connectivity index (χ3n) is 4.18. The average molecular weight is 236 g/mol. The van der Waals surface area contributed by atoms with E-state index >= 15 is 0 Å². The molecular formula is C14H17FO2. The van der Waals surface area contributed by atoms with Gasteiger partial charge in [-0.15, -0.1) is 0 Å². The minimum atomic E-state index is -0.258. The largest absolute Gasteiger partial charge is 0.380 e. The maximum absolute atomic E-state index is 14.0. The SMILES string of the molecule is CC[C@H]1OC[C@]2(c3ccccc3F)COC[C@H]12. The summed E-state index contributed by atoms with van der Waals surface area (Å²) in [5.74, 6) is 0.160. The van der Waals surface area contributed by atoms with Crippen LogP contribution in [0.3, 0.4) is 0 Å². The molecular weight excluding hydrogens is 219 g/mol. The molecule has 1 aromatic carbocycles. The lowest BCUT2D eigenvalue weighted by molar-refractivity contribution is 0.0462. The third-order valence-corrected chi connectivity index (χ3v) is 4.18. The smallest absolute Gasteiger partial charge is 0.127 e. The van der Waals surface area contributed by atoms with Crippen molar-refractivity contribution in [1.82, 2.24) is 0 Å². The van der Waals surface area contributed by atoms with Gasteiger partial charge >= 0.3 is 0 Å². The van der Waals surface area contributed by atoms with Gasteiger partial charge in [0.1, 0.15) is 5.82 Å². The number of fused-ring (bicyclic) bond motifs is 1. The highest BCUT2D eigenvalue weighted by atomic mass is 19.1. The van der Waals surface area contributed by atoms with Crippen LogP contribution in [0.15, 0.2) is 24.3 Å². The maximum atomic E-state index is 14.0. The van der Waals surface area contributed by atoms with E-state index in [1.807, 2.05) is 12.1 Å². The summed E-state index contributed by atoms with van der Waals surface area (Å²) in [4.78, 5) is 0. The predicted octanol–water partition coefficient (Wildman–Crippen LogP) is 2.52. The van der Waals surface area contributed by atoms with Gasteiger partial charge in [-0.25, -0.2) is 4.39 Å². The monoisotopic (exact) mass is 236 g/mol. The van der Waals surface area contributed by atoms with Crippen LogP contribution in [0.1, 0.15) is 18.9 Å². The first-order valence-electron chi connectivity index (χ1n) is 6.22.